The summed E-state index contributed by atoms with van der Waals surface area (Å²) in [6.45, 7) is 2.15. The van der Waals surface area contributed by atoms with E-state index in [1.807, 2.05) is 0 Å². The molecule has 1 aromatic rings. The summed E-state index contributed by atoms with van der Waals surface area (Å²) in [7, 11) is 4.17. The van der Waals surface area contributed by atoms with Crippen LogP contribution in [0.25, 0.3) is 0 Å². The molecule has 0 aromatic heterocycles. The summed E-state index contributed by atoms with van der Waals surface area (Å²) in [6, 6.07) is 6.72. The van der Waals surface area contributed by atoms with E-state index in [4.69, 9.17) is 0 Å². The van der Waals surface area contributed by atoms with Gasteiger partial charge in [0.1, 0.15) is 0 Å². The maximum absolute atomic E-state index is 3.38. The maximum atomic E-state index is 3.38. The summed E-state index contributed by atoms with van der Waals surface area (Å²) in [5.74, 6) is 0. The molecule has 0 aliphatic carbocycles. The van der Waals surface area contributed by atoms with E-state index in [0.717, 1.165) is 19.5 Å². The van der Waals surface area contributed by atoms with Crippen LogP contribution < -0.4 is 10.2 Å². The Hall–Kier alpha value is -1.02. The van der Waals surface area contributed by atoms with E-state index in [1.165, 1.54) is 16.8 Å². The van der Waals surface area contributed by atoms with Crippen LogP contribution in [0, 0.1) is 0 Å². The molecule has 0 bridgehead atoms. The fraction of sp³-hybridized carbons (Fsp3) is 0.455. The Morgan fingerprint density at radius 1 is 1.23 bits per heavy atom. The third-order valence-corrected chi connectivity index (χ3v) is 2.59. The van der Waals surface area contributed by atoms with E-state index in [0.29, 0.717) is 0 Å². The summed E-state index contributed by atoms with van der Waals surface area (Å²) >= 11 is 0. The summed E-state index contributed by atoms with van der Waals surface area (Å²) < 4.78 is 0. The molecule has 2 rings (SSSR count). The van der Waals surface area contributed by atoms with Crippen molar-refractivity contribution in [3.8, 4) is 0 Å². The average Bonchev–Trinajstić information content (AvgIpc) is 2.17. The Balaban J connectivity index is 2.35. The van der Waals surface area contributed by atoms with Crippen LogP contribution in [0.5, 0.6) is 0 Å². The van der Waals surface area contributed by atoms with Gasteiger partial charge in [0.2, 0.25) is 0 Å². The van der Waals surface area contributed by atoms with Crippen molar-refractivity contribution in [2.45, 2.75) is 13.0 Å². The van der Waals surface area contributed by atoms with Crippen molar-refractivity contribution in [3.63, 3.8) is 0 Å². The van der Waals surface area contributed by atoms with Gasteiger partial charge >= 0.3 is 0 Å². The first-order chi connectivity index (χ1) is 6.27. The quantitative estimate of drug-likeness (QED) is 0.695. The first-order valence-corrected chi connectivity index (χ1v) is 4.77. The van der Waals surface area contributed by atoms with E-state index >= 15 is 0 Å². The van der Waals surface area contributed by atoms with E-state index in [9.17, 15) is 0 Å². The molecule has 1 heterocycles. The zero-order chi connectivity index (χ0) is 9.26. The minimum absolute atomic E-state index is 1.03. The zero-order valence-corrected chi connectivity index (χ0v) is 8.30. The van der Waals surface area contributed by atoms with E-state index in [2.05, 4.69) is 42.5 Å². The van der Waals surface area contributed by atoms with Crippen LogP contribution in [0.3, 0.4) is 0 Å². The molecular formula is C11H16N2. The minimum Gasteiger partial charge on any atom is -0.378 e. The highest BCUT2D eigenvalue weighted by Crippen LogP contribution is 2.20. The Kier molecular flexibility index (Phi) is 2.23. The number of nitrogens with zero attached hydrogens (tertiary/aromatic N) is 1. The predicted octanol–water partition coefficient (Wildman–Crippen LogP) is 1.40. The topological polar surface area (TPSA) is 15.3 Å². The molecule has 2 nitrogen and oxygen atoms in total. The van der Waals surface area contributed by atoms with Gasteiger partial charge in [-0.3, -0.25) is 0 Å². The smallest absolute Gasteiger partial charge is 0.0363 e. The zero-order valence-electron chi connectivity index (χ0n) is 8.30. The van der Waals surface area contributed by atoms with Gasteiger partial charge in [-0.1, -0.05) is 6.07 Å². The number of nitrogens with one attached hydrogen (secondary N) is 1. The molecule has 0 radical (unpaired) electrons. The number of fused-ring (bicyclic) bond motifs is 1. The Morgan fingerprint density at radius 2 is 2.08 bits per heavy atom. The predicted molar refractivity (Wildman–Crippen MR) is 56.2 cm³/mol. The number of anilines is 1. The summed E-state index contributed by atoms with van der Waals surface area (Å²) in [4.78, 5) is 2.16. The first-order valence-electron chi connectivity index (χ1n) is 4.77. The van der Waals surface area contributed by atoms with Crippen LogP contribution in [0.1, 0.15) is 11.1 Å². The van der Waals surface area contributed by atoms with Gasteiger partial charge in [0.25, 0.3) is 0 Å². The average molecular weight is 176 g/mol. The second-order valence-electron chi connectivity index (χ2n) is 3.77. The van der Waals surface area contributed by atoms with Gasteiger partial charge < -0.3 is 10.2 Å². The lowest BCUT2D eigenvalue weighted by Crippen LogP contribution is -2.23. The van der Waals surface area contributed by atoms with Crippen LogP contribution in [0.2, 0.25) is 0 Å². The molecule has 70 valence electrons. The molecule has 1 N–H and O–H groups in total. The number of hydrogen-bond donors (Lipinski definition) is 1. The summed E-state index contributed by atoms with van der Waals surface area (Å²) in [6.07, 6.45) is 1.16. The van der Waals surface area contributed by atoms with E-state index in [1.54, 1.807) is 0 Å². The maximum Gasteiger partial charge on any atom is 0.0363 e. The Labute approximate surface area is 79.6 Å². The van der Waals surface area contributed by atoms with Crippen LogP contribution >= 0.6 is 0 Å². The first kappa shape index (κ1) is 8.57. The molecule has 0 saturated carbocycles. The lowest BCUT2D eigenvalue weighted by atomic mass is 10.0. The molecule has 1 aromatic carbocycles. The summed E-state index contributed by atoms with van der Waals surface area (Å²) in [5.41, 5.74) is 4.27. The van der Waals surface area contributed by atoms with Gasteiger partial charge in [-0.05, 0) is 36.2 Å². The molecule has 1 aliphatic rings. The highest BCUT2D eigenvalue weighted by atomic mass is 15.1. The fourth-order valence-corrected chi connectivity index (χ4v) is 1.74. The van der Waals surface area contributed by atoms with Crippen LogP contribution in [0.4, 0.5) is 5.69 Å². The molecular weight excluding hydrogens is 160 g/mol. The standard InChI is InChI=1S/C11H16N2/c1-13(2)11-4-3-10-8-12-6-5-9(10)7-11/h3-4,7,12H,5-6,8H2,1-2H3. The normalized spacial score (nSPS) is 15.2. The van der Waals surface area contributed by atoms with Crippen LogP contribution in [-0.2, 0) is 13.0 Å². The molecule has 0 atom stereocenters. The second-order valence-corrected chi connectivity index (χ2v) is 3.77. The van der Waals surface area contributed by atoms with Crippen molar-refractivity contribution in [1.29, 1.82) is 0 Å². The molecule has 13 heavy (non-hydrogen) atoms. The molecule has 2 heteroatoms. The van der Waals surface area contributed by atoms with Gasteiger partial charge in [0.05, 0.1) is 0 Å². The molecule has 0 unspecified atom stereocenters. The van der Waals surface area contributed by atoms with Crippen molar-refractivity contribution in [3.05, 3.63) is 29.3 Å². The highest BCUT2D eigenvalue weighted by Gasteiger charge is 2.08. The van der Waals surface area contributed by atoms with Gasteiger partial charge in [0, 0.05) is 26.3 Å². The van der Waals surface area contributed by atoms with Crippen molar-refractivity contribution >= 4 is 5.69 Å². The van der Waals surface area contributed by atoms with Crippen molar-refractivity contribution in [1.82, 2.24) is 5.32 Å². The molecule has 0 amide bonds. The number of rotatable bonds is 1. The molecule has 0 spiro atoms. The lowest BCUT2D eigenvalue weighted by molar-refractivity contribution is 0.644. The van der Waals surface area contributed by atoms with E-state index in [-0.39, 0.29) is 0 Å². The van der Waals surface area contributed by atoms with Gasteiger partial charge in [-0.15, -0.1) is 0 Å². The highest BCUT2D eigenvalue weighted by molar-refractivity contribution is 5.50. The Morgan fingerprint density at radius 3 is 2.85 bits per heavy atom. The fourth-order valence-electron chi connectivity index (χ4n) is 1.74. The van der Waals surface area contributed by atoms with Gasteiger partial charge in [0.15, 0.2) is 0 Å². The van der Waals surface area contributed by atoms with Gasteiger partial charge in [-0.2, -0.15) is 0 Å². The minimum atomic E-state index is 1.03. The Bertz CT molecular complexity index is 305. The second kappa shape index (κ2) is 3.38. The number of hydrogen-bond acceptors (Lipinski definition) is 2. The van der Waals surface area contributed by atoms with Crippen molar-refractivity contribution < 1.29 is 0 Å². The largest absolute Gasteiger partial charge is 0.378 e. The number of benzene rings is 1. The van der Waals surface area contributed by atoms with Crippen molar-refractivity contribution in [2.24, 2.45) is 0 Å². The van der Waals surface area contributed by atoms with Crippen LogP contribution in [-0.4, -0.2) is 20.6 Å². The summed E-state index contributed by atoms with van der Waals surface area (Å²) in [5, 5.41) is 3.38. The van der Waals surface area contributed by atoms with Crippen LogP contribution in [0.15, 0.2) is 18.2 Å². The SMILES string of the molecule is CN(C)c1ccc2c(c1)CCNC2. The molecule has 1 aliphatic heterocycles. The van der Waals surface area contributed by atoms with E-state index < -0.39 is 0 Å². The van der Waals surface area contributed by atoms with Gasteiger partial charge in [-0.25, -0.2) is 0 Å². The van der Waals surface area contributed by atoms with Crippen molar-refractivity contribution in [2.75, 3.05) is 25.5 Å². The molecule has 0 saturated heterocycles. The third kappa shape index (κ3) is 1.68. The monoisotopic (exact) mass is 176 g/mol. The lowest BCUT2D eigenvalue weighted by Gasteiger charge is -2.20. The molecule has 0 fully saturated rings. The third-order valence-electron chi connectivity index (χ3n) is 2.59.